The van der Waals surface area contributed by atoms with Crippen LogP contribution in [0.4, 0.5) is 5.69 Å². The predicted octanol–water partition coefficient (Wildman–Crippen LogP) is 5.23. The highest BCUT2D eigenvalue weighted by molar-refractivity contribution is 14.1. The molecule has 3 aromatic carbocycles. The molecule has 0 aromatic heterocycles. The summed E-state index contributed by atoms with van der Waals surface area (Å²) in [5.74, 6) is 0.649. The van der Waals surface area contributed by atoms with Crippen LogP contribution in [-0.2, 0) is 11.4 Å². The van der Waals surface area contributed by atoms with Gasteiger partial charge < -0.3 is 10.1 Å². The minimum absolute atomic E-state index is 0.0929. The van der Waals surface area contributed by atoms with Gasteiger partial charge in [0.2, 0.25) is 0 Å². The van der Waals surface area contributed by atoms with Gasteiger partial charge in [-0.15, -0.1) is 0 Å². The van der Waals surface area contributed by atoms with E-state index in [1.54, 1.807) is 6.07 Å². The summed E-state index contributed by atoms with van der Waals surface area (Å²) in [5.41, 5.74) is 4.80. The zero-order valence-corrected chi connectivity index (χ0v) is 16.9. The second-order valence-corrected chi connectivity index (χ2v) is 7.47. The first-order chi connectivity index (χ1) is 13.7. The number of carbonyl (C=O) groups is 1. The Morgan fingerprint density at radius 1 is 1.07 bits per heavy atom. The summed E-state index contributed by atoms with van der Waals surface area (Å²) in [5, 5.41) is 12.1. The molecule has 136 valence electrons. The summed E-state index contributed by atoms with van der Waals surface area (Å²) in [6.07, 6.45) is 1.89. The van der Waals surface area contributed by atoms with Crippen molar-refractivity contribution < 1.29 is 9.53 Å². The number of hydrogen-bond acceptors (Lipinski definition) is 3. The van der Waals surface area contributed by atoms with Gasteiger partial charge in [-0.05, 0) is 58.5 Å². The van der Waals surface area contributed by atoms with Crippen molar-refractivity contribution in [2.24, 2.45) is 0 Å². The Morgan fingerprint density at radius 2 is 1.86 bits per heavy atom. The Morgan fingerprint density at radius 3 is 2.68 bits per heavy atom. The molecule has 0 saturated heterocycles. The van der Waals surface area contributed by atoms with Crippen LogP contribution in [0.15, 0.2) is 66.7 Å². The Kier molecular flexibility index (Phi) is 5.13. The average Bonchev–Trinajstić information content (AvgIpc) is 3.03. The van der Waals surface area contributed by atoms with Crippen LogP contribution in [0.5, 0.6) is 5.75 Å². The summed E-state index contributed by atoms with van der Waals surface area (Å²) in [7, 11) is 0. The molecule has 0 spiro atoms. The highest BCUT2D eigenvalue weighted by atomic mass is 127. The molecule has 5 heteroatoms. The molecule has 0 aliphatic carbocycles. The highest BCUT2D eigenvalue weighted by Gasteiger charge is 2.23. The second-order valence-electron chi connectivity index (χ2n) is 6.31. The summed E-state index contributed by atoms with van der Waals surface area (Å²) in [6, 6.07) is 23.0. The van der Waals surface area contributed by atoms with Gasteiger partial charge in [-0.2, -0.15) is 5.26 Å². The van der Waals surface area contributed by atoms with Crippen LogP contribution >= 0.6 is 22.6 Å². The number of nitriles is 1. The molecule has 1 amide bonds. The Bertz CT molecular complexity index is 1150. The van der Waals surface area contributed by atoms with Crippen LogP contribution in [0.1, 0.15) is 22.3 Å². The van der Waals surface area contributed by atoms with Crippen molar-refractivity contribution in [1.82, 2.24) is 0 Å². The lowest BCUT2D eigenvalue weighted by Gasteiger charge is -2.10. The van der Waals surface area contributed by atoms with Crippen LogP contribution in [0.3, 0.4) is 0 Å². The lowest BCUT2D eigenvalue weighted by atomic mass is 10.0. The molecule has 3 aromatic rings. The third-order valence-corrected chi connectivity index (χ3v) is 5.34. The number of halogens is 1. The number of anilines is 1. The number of amides is 1. The van der Waals surface area contributed by atoms with E-state index in [0.29, 0.717) is 17.7 Å². The van der Waals surface area contributed by atoms with Crippen LogP contribution < -0.4 is 10.1 Å². The maximum absolute atomic E-state index is 12.3. The van der Waals surface area contributed by atoms with Gasteiger partial charge in [-0.3, -0.25) is 4.79 Å². The van der Waals surface area contributed by atoms with Gasteiger partial charge in [-0.25, -0.2) is 0 Å². The van der Waals surface area contributed by atoms with E-state index in [4.69, 9.17) is 4.74 Å². The third-order valence-electron chi connectivity index (χ3n) is 4.50. The molecule has 28 heavy (non-hydrogen) atoms. The van der Waals surface area contributed by atoms with Gasteiger partial charge in [0.1, 0.15) is 12.4 Å². The molecule has 0 atom stereocenters. The lowest BCUT2D eigenvalue weighted by molar-refractivity contribution is -0.110. The van der Waals surface area contributed by atoms with Crippen molar-refractivity contribution in [3.8, 4) is 11.8 Å². The minimum Gasteiger partial charge on any atom is -0.488 e. The fourth-order valence-electron chi connectivity index (χ4n) is 3.08. The Balaban J connectivity index is 1.56. The van der Waals surface area contributed by atoms with E-state index >= 15 is 0 Å². The molecule has 0 fully saturated rings. The van der Waals surface area contributed by atoms with Gasteiger partial charge in [0.25, 0.3) is 5.91 Å². The van der Waals surface area contributed by atoms with E-state index in [-0.39, 0.29) is 5.91 Å². The first-order valence-corrected chi connectivity index (χ1v) is 9.76. The molecular formula is C23H15IN2O2. The molecule has 1 aliphatic rings. The van der Waals surface area contributed by atoms with E-state index in [1.807, 2.05) is 66.7 Å². The quantitative estimate of drug-likeness (QED) is 0.413. The van der Waals surface area contributed by atoms with E-state index < -0.39 is 0 Å². The minimum atomic E-state index is -0.0929. The van der Waals surface area contributed by atoms with Crippen molar-refractivity contribution in [3.63, 3.8) is 0 Å². The first-order valence-electron chi connectivity index (χ1n) is 8.68. The monoisotopic (exact) mass is 478 g/mol. The van der Waals surface area contributed by atoms with Gasteiger partial charge in [0.15, 0.2) is 0 Å². The molecule has 4 nitrogen and oxygen atoms in total. The number of fused-ring (bicyclic) bond motifs is 1. The number of nitrogens with one attached hydrogen (secondary N) is 1. The van der Waals surface area contributed by atoms with E-state index in [9.17, 15) is 10.1 Å². The summed E-state index contributed by atoms with van der Waals surface area (Å²) < 4.78 is 6.85. The van der Waals surface area contributed by atoms with Crippen LogP contribution in [0.2, 0.25) is 0 Å². The van der Waals surface area contributed by atoms with E-state index in [0.717, 1.165) is 31.7 Å². The topological polar surface area (TPSA) is 62.1 Å². The van der Waals surface area contributed by atoms with Gasteiger partial charge in [-0.1, -0.05) is 42.5 Å². The SMILES string of the molecule is N#Cc1ccccc1COc1ccc(C=C2C(=O)Nc3ccccc32)cc1I. The van der Waals surface area contributed by atoms with Crippen molar-refractivity contribution in [2.75, 3.05) is 5.32 Å². The number of para-hydroxylation sites is 1. The molecule has 0 radical (unpaired) electrons. The van der Waals surface area contributed by atoms with Crippen LogP contribution in [0.25, 0.3) is 11.6 Å². The third kappa shape index (κ3) is 3.64. The largest absolute Gasteiger partial charge is 0.488 e. The summed E-state index contributed by atoms with van der Waals surface area (Å²) in [6.45, 7) is 0.329. The fourth-order valence-corrected chi connectivity index (χ4v) is 3.78. The number of carbonyl (C=O) groups excluding carboxylic acids is 1. The van der Waals surface area contributed by atoms with E-state index in [2.05, 4.69) is 34.0 Å². The normalized spacial score (nSPS) is 13.7. The van der Waals surface area contributed by atoms with Gasteiger partial charge in [0.05, 0.1) is 15.2 Å². The molecule has 0 saturated carbocycles. The molecule has 1 N–H and O–H groups in total. The number of rotatable bonds is 4. The van der Waals surface area contributed by atoms with Crippen molar-refractivity contribution in [1.29, 1.82) is 5.26 Å². The summed E-state index contributed by atoms with van der Waals surface area (Å²) >= 11 is 2.22. The lowest BCUT2D eigenvalue weighted by Crippen LogP contribution is -2.03. The maximum atomic E-state index is 12.3. The predicted molar refractivity (Wildman–Crippen MR) is 118 cm³/mol. The molecule has 4 rings (SSSR count). The second kappa shape index (κ2) is 7.87. The smallest absolute Gasteiger partial charge is 0.256 e. The zero-order chi connectivity index (χ0) is 19.5. The number of nitrogens with zero attached hydrogens (tertiary/aromatic N) is 1. The van der Waals surface area contributed by atoms with Crippen LogP contribution in [-0.4, -0.2) is 5.91 Å². The van der Waals surface area contributed by atoms with Gasteiger partial charge >= 0.3 is 0 Å². The Labute approximate surface area is 176 Å². The van der Waals surface area contributed by atoms with Gasteiger partial charge in [0, 0.05) is 22.4 Å². The number of hydrogen-bond donors (Lipinski definition) is 1. The molecule has 1 heterocycles. The number of benzene rings is 3. The standard InChI is InChI=1S/C23H15IN2O2/c24-20-12-15(11-19-18-7-3-4-8-21(18)26-23(19)27)9-10-22(20)28-14-17-6-2-1-5-16(17)13-25/h1-12H,14H2,(H,26,27). The Hall–Kier alpha value is -3.11. The number of ether oxygens (including phenoxy) is 1. The summed E-state index contributed by atoms with van der Waals surface area (Å²) in [4.78, 5) is 12.3. The van der Waals surface area contributed by atoms with Crippen molar-refractivity contribution >= 4 is 45.8 Å². The van der Waals surface area contributed by atoms with Crippen molar-refractivity contribution in [2.45, 2.75) is 6.61 Å². The highest BCUT2D eigenvalue weighted by Crippen LogP contribution is 2.33. The van der Waals surface area contributed by atoms with E-state index in [1.165, 1.54) is 0 Å². The molecule has 0 unspecified atom stereocenters. The fraction of sp³-hybridized carbons (Fsp3) is 0.0435. The first kappa shape index (κ1) is 18.3. The maximum Gasteiger partial charge on any atom is 0.256 e. The molecular weight excluding hydrogens is 463 g/mol. The van der Waals surface area contributed by atoms with Crippen LogP contribution in [0, 0.1) is 14.9 Å². The van der Waals surface area contributed by atoms with Crippen molar-refractivity contribution in [3.05, 3.63) is 92.6 Å². The molecule has 1 aliphatic heterocycles. The molecule has 0 bridgehead atoms. The zero-order valence-electron chi connectivity index (χ0n) is 14.8. The average molecular weight is 478 g/mol.